The van der Waals surface area contributed by atoms with Gasteiger partial charge in [-0.05, 0) is 31.7 Å². The van der Waals surface area contributed by atoms with Crippen molar-refractivity contribution in [3.05, 3.63) is 29.3 Å². The van der Waals surface area contributed by atoms with Gasteiger partial charge in [0, 0.05) is 19.6 Å². The normalized spacial score (nSPS) is 22.4. The van der Waals surface area contributed by atoms with Crippen molar-refractivity contribution in [1.29, 1.82) is 0 Å². The third-order valence-corrected chi connectivity index (χ3v) is 5.18. The zero-order valence-electron chi connectivity index (χ0n) is 15.6. The molecule has 0 saturated carbocycles. The second kappa shape index (κ2) is 6.83. The van der Waals surface area contributed by atoms with Crippen LogP contribution in [0.15, 0.2) is 12.3 Å². The molecule has 1 saturated heterocycles. The maximum absolute atomic E-state index is 13.2. The van der Waals surface area contributed by atoms with Crippen LogP contribution < -0.4 is 0 Å². The van der Waals surface area contributed by atoms with E-state index in [4.69, 9.17) is 4.74 Å². The highest BCUT2D eigenvalue weighted by molar-refractivity contribution is 5.92. The van der Waals surface area contributed by atoms with Crippen molar-refractivity contribution in [1.82, 2.24) is 29.7 Å². The Balaban J connectivity index is 1.55. The van der Waals surface area contributed by atoms with E-state index in [-0.39, 0.29) is 18.1 Å². The van der Waals surface area contributed by atoms with Gasteiger partial charge in [0.2, 0.25) is 0 Å². The van der Waals surface area contributed by atoms with E-state index in [1.807, 2.05) is 27.3 Å². The number of hydrogen-bond donors (Lipinski definition) is 0. The number of likely N-dealkylation sites (tertiary alicyclic amines) is 1. The molecule has 8 heteroatoms. The van der Waals surface area contributed by atoms with Gasteiger partial charge in [0.05, 0.1) is 36.3 Å². The van der Waals surface area contributed by atoms with Crippen LogP contribution in [0.3, 0.4) is 0 Å². The summed E-state index contributed by atoms with van der Waals surface area (Å²) in [4.78, 5) is 15.1. The first kappa shape index (κ1) is 17.2. The standard InChI is InChI=1S/C18H26N6O2/c1-4-23-15(8-13(20-23)7-12(2)3)18(25)22-6-5-17-16(10-22)24-14(11-26-17)9-19-21-24/h8-9,12,16-17H,4-7,10-11H2,1-3H3. The molecular formula is C18H26N6O2. The summed E-state index contributed by atoms with van der Waals surface area (Å²) in [6, 6.07) is 1.99. The summed E-state index contributed by atoms with van der Waals surface area (Å²) < 4.78 is 9.69. The monoisotopic (exact) mass is 358 g/mol. The van der Waals surface area contributed by atoms with Gasteiger partial charge in [0.25, 0.3) is 5.91 Å². The Labute approximate surface area is 153 Å². The lowest BCUT2D eigenvalue weighted by molar-refractivity contribution is -0.0606. The number of piperidine rings is 1. The van der Waals surface area contributed by atoms with Gasteiger partial charge >= 0.3 is 0 Å². The first-order chi connectivity index (χ1) is 12.6. The number of carbonyl (C=O) groups is 1. The molecule has 0 bridgehead atoms. The van der Waals surface area contributed by atoms with Crippen molar-refractivity contribution in [2.75, 3.05) is 13.1 Å². The number of ether oxygens (including phenoxy) is 1. The summed E-state index contributed by atoms with van der Waals surface area (Å²) in [6.45, 7) is 8.86. The number of nitrogens with zero attached hydrogens (tertiary/aromatic N) is 6. The Hall–Kier alpha value is -2.22. The molecule has 2 aliphatic rings. The number of rotatable bonds is 4. The molecule has 2 atom stereocenters. The molecule has 2 aromatic heterocycles. The molecule has 4 rings (SSSR count). The van der Waals surface area contributed by atoms with Crippen LogP contribution in [-0.2, 0) is 24.3 Å². The van der Waals surface area contributed by atoms with Gasteiger partial charge in [-0.25, -0.2) is 4.68 Å². The third-order valence-electron chi connectivity index (χ3n) is 5.18. The van der Waals surface area contributed by atoms with Gasteiger partial charge in [0.1, 0.15) is 5.69 Å². The van der Waals surface area contributed by atoms with Crippen LogP contribution in [0, 0.1) is 5.92 Å². The van der Waals surface area contributed by atoms with Crippen molar-refractivity contribution in [3.8, 4) is 0 Å². The van der Waals surface area contributed by atoms with Crippen LogP contribution in [0.1, 0.15) is 55.1 Å². The SMILES string of the molecule is CCn1nc(CC(C)C)cc1C(=O)N1CCC2OCc3cnnn3C2C1. The maximum Gasteiger partial charge on any atom is 0.272 e. The van der Waals surface area contributed by atoms with Crippen LogP contribution in [0.2, 0.25) is 0 Å². The minimum absolute atomic E-state index is 0.0343. The first-order valence-corrected chi connectivity index (χ1v) is 9.43. The fraction of sp³-hybridized carbons (Fsp3) is 0.667. The van der Waals surface area contributed by atoms with Gasteiger partial charge in [-0.15, -0.1) is 5.10 Å². The van der Waals surface area contributed by atoms with E-state index in [1.54, 1.807) is 6.20 Å². The van der Waals surface area contributed by atoms with Crippen molar-refractivity contribution in [2.24, 2.45) is 5.92 Å². The van der Waals surface area contributed by atoms with Crippen LogP contribution in [-0.4, -0.2) is 54.8 Å². The molecule has 0 N–H and O–H groups in total. The highest BCUT2D eigenvalue weighted by Gasteiger charge is 2.38. The molecule has 0 aliphatic carbocycles. The van der Waals surface area contributed by atoms with Gasteiger partial charge in [-0.3, -0.25) is 9.48 Å². The molecule has 0 spiro atoms. The number of hydrogen-bond acceptors (Lipinski definition) is 5. The zero-order valence-corrected chi connectivity index (χ0v) is 15.6. The molecule has 26 heavy (non-hydrogen) atoms. The largest absolute Gasteiger partial charge is 0.370 e. The minimum atomic E-state index is 0.0343. The second-order valence-electron chi connectivity index (χ2n) is 7.56. The molecule has 140 valence electrons. The van der Waals surface area contributed by atoms with Gasteiger partial charge in [0.15, 0.2) is 0 Å². The van der Waals surface area contributed by atoms with E-state index in [0.717, 1.165) is 24.2 Å². The van der Waals surface area contributed by atoms with Crippen molar-refractivity contribution in [3.63, 3.8) is 0 Å². The van der Waals surface area contributed by atoms with Crippen LogP contribution >= 0.6 is 0 Å². The molecule has 1 fully saturated rings. The van der Waals surface area contributed by atoms with E-state index in [2.05, 4.69) is 29.3 Å². The predicted molar refractivity (Wildman–Crippen MR) is 94.6 cm³/mol. The fourth-order valence-corrected chi connectivity index (χ4v) is 3.93. The van der Waals surface area contributed by atoms with E-state index in [0.29, 0.717) is 37.9 Å². The molecule has 2 aromatic rings. The van der Waals surface area contributed by atoms with Gasteiger partial charge < -0.3 is 9.64 Å². The average molecular weight is 358 g/mol. The van der Waals surface area contributed by atoms with Crippen LogP contribution in [0.4, 0.5) is 0 Å². The Morgan fingerprint density at radius 3 is 3.04 bits per heavy atom. The third kappa shape index (κ3) is 3.02. The van der Waals surface area contributed by atoms with Crippen LogP contribution in [0.5, 0.6) is 0 Å². The van der Waals surface area contributed by atoms with E-state index in [1.165, 1.54) is 0 Å². The average Bonchev–Trinajstić information content (AvgIpc) is 3.26. The van der Waals surface area contributed by atoms with Crippen molar-refractivity contribution >= 4 is 5.91 Å². The molecule has 2 aliphatic heterocycles. The molecular weight excluding hydrogens is 332 g/mol. The number of amides is 1. The first-order valence-electron chi connectivity index (χ1n) is 9.43. The predicted octanol–water partition coefficient (Wildman–Crippen LogP) is 1.68. The molecule has 2 unspecified atom stereocenters. The number of aromatic nitrogens is 5. The molecule has 1 amide bonds. The van der Waals surface area contributed by atoms with E-state index >= 15 is 0 Å². The second-order valence-corrected chi connectivity index (χ2v) is 7.56. The Morgan fingerprint density at radius 1 is 1.42 bits per heavy atom. The van der Waals surface area contributed by atoms with Gasteiger partial charge in [-0.1, -0.05) is 19.1 Å². The smallest absolute Gasteiger partial charge is 0.272 e. The minimum Gasteiger partial charge on any atom is -0.370 e. The highest BCUT2D eigenvalue weighted by Crippen LogP contribution is 2.30. The summed E-state index contributed by atoms with van der Waals surface area (Å²) in [7, 11) is 0. The lowest BCUT2D eigenvalue weighted by atomic mass is 10.00. The van der Waals surface area contributed by atoms with Crippen LogP contribution in [0.25, 0.3) is 0 Å². The number of fused-ring (bicyclic) bond motifs is 3. The summed E-state index contributed by atoms with van der Waals surface area (Å²) in [5.74, 6) is 0.555. The summed E-state index contributed by atoms with van der Waals surface area (Å²) in [6.07, 6.45) is 3.53. The zero-order chi connectivity index (χ0) is 18.3. The van der Waals surface area contributed by atoms with Gasteiger partial charge in [-0.2, -0.15) is 5.10 Å². The summed E-state index contributed by atoms with van der Waals surface area (Å²) in [5.41, 5.74) is 2.63. The number of aryl methyl sites for hydroxylation is 1. The van der Waals surface area contributed by atoms with Crippen molar-refractivity contribution in [2.45, 2.75) is 58.9 Å². The quantitative estimate of drug-likeness (QED) is 0.831. The fourth-order valence-electron chi connectivity index (χ4n) is 3.93. The Kier molecular flexibility index (Phi) is 4.52. The lowest BCUT2D eigenvalue weighted by Crippen LogP contribution is -2.50. The van der Waals surface area contributed by atoms with E-state index < -0.39 is 0 Å². The Bertz CT molecular complexity index is 795. The number of carbonyl (C=O) groups excluding carboxylic acids is 1. The molecule has 0 radical (unpaired) electrons. The topological polar surface area (TPSA) is 78.1 Å². The Morgan fingerprint density at radius 2 is 2.27 bits per heavy atom. The van der Waals surface area contributed by atoms with E-state index in [9.17, 15) is 4.79 Å². The molecule has 4 heterocycles. The summed E-state index contributed by atoms with van der Waals surface area (Å²) >= 11 is 0. The lowest BCUT2D eigenvalue weighted by Gasteiger charge is -2.40. The highest BCUT2D eigenvalue weighted by atomic mass is 16.5. The molecule has 0 aromatic carbocycles. The summed E-state index contributed by atoms with van der Waals surface area (Å²) in [5, 5.41) is 12.8. The molecule has 8 nitrogen and oxygen atoms in total. The maximum atomic E-state index is 13.2. The van der Waals surface area contributed by atoms with Crippen molar-refractivity contribution < 1.29 is 9.53 Å².